The van der Waals surface area contributed by atoms with E-state index >= 15 is 0 Å². The number of nitrogens with zero attached hydrogens (tertiary/aromatic N) is 1. The molecule has 0 amide bonds. The molecular formula is C12H10Cl2FN3O2S. The second kappa shape index (κ2) is 6.05. The Kier molecular flexibility index (Phi) is 4.55. The lowest BCUT2D eigenvalue weighted by atomic mass is 10.3. The number of hydrogen-bond donors (Lipinski definition) is 2. The van der Waals surface area contributed by atoms with E-state index in [4.69, 9.17) is 23.2 Å². The largest absolute Gasteiger partial charge is 0.372 e. The van der Waals surface area contributed by atoms with Crippen molar-refractivity contribution in [2.45, 2.75) is 4.90 Å². The van der Waals surface area contributed by atoms with Gasteiger partial charge in [-0.25, -0.2) is 17.8 Å². The Morgan fingerprint density at radius 2 is 1.86 bits per heavy atom. The van der Waals surface area contributed by atoms with Gasteiger partial charge >= 0.3 is 0 Å². The molecule has 0 saturated heterocycles. The van der Waals surface area contributed by atoms with E-state index in [1.807, 2.05) is 0 Å². The number of aromatic nitrogens is 1. The minimum atomic E-state index is -3.92. The third-order valence-corrected chi connectivity index (χ3v) is 4.50. The summed E-state index contributed by atoms with van der Waals surface area (Å²) in [6, 6.07) is 5.14. The smallest absolute Gasteiger partial charge is 0.265 e. The molecule has 0 bridgehead atoms. The monoisotopic (exact) mass is 349 g/mol. The van der Waals surface area contributed by atoms with Crippen LogP contribution in [0.25, 0.3) is 0 Å². The molecule has 1 aromatic heterocycles. The van der Waals surface area contributed by atoms with Crippen LogP contribution in [-0.2, 0) is 10.0 Å². The van der Waals surface area contributed by atoms with Crippen molar-refractivity contribution in [2.75, 3.05) is 17.1 Å². The minimum absolute atomic E-state index is 0.0518. The molecule has 0 radical (unpaired) electrons. The molecule has 5 nitrogen and oxygen atoms in total. The fourth-order valence-electron chi connectivity index (χ4n) is 1.62. The zero-order valence-corrected chi connectivity index (χ0v) is 13.0. The van der Waals surface area contributed by atoms with Crippen LogP contribution in [-0.4, -0.2) is 20.4 Å². The molecule has 1 aromatic carbocycles. The van der Waals surface area contributed by atoms with Gasteiger partial charge in [0.1, 0.15) is 10.7 Å². The number of benzene rings is 1. The molecule has 0 fully saturated rings. The average Bonchev–Trinajstić information content (AvgIpc) is 2.44. The van der Waals surface area contributed by atoms with Crippen molar-refractivity contribution in [3.05, 3.63) is 46.3 Å². The summed E-state index contributed by atoms with van der Waals surface area (Å²) in [6.07, 6.45) is 1.45. The van der Waals surface area contributed by atoms with Gasteiger partial charge in [-0.1, -0.05) is 23.2 Å². The van der Waals surface area contributed by atoms with Crippen molar-refractivity contribution >= 4 is 44.7 Å². The first-order valence-corrected chi connectivity index (χ1v) is 7.89. The number of sulfonamides is 1. The number of nitrogens with one attached hydrogen (secondary N) is 2. The van der Waals surface area contributed by atoms with Gasteiger partial charge in [0, 0.05) is 13.2 Å². The first-order valence-electron chi connectivity index (χ1n) is 5.65. The number of anilines is 2. The normalized spacial score (nSPS) is 11.2. The van der Waals surface area contributed by atoms with E-state index in [1.165, 1.54) is 18.3 Å². The third-order valence-electron chi connectivity index (χ3n) is 2.53. The van der Waals surface area contributed by atoms with Crippen molar-refractivity contribution in [2.24, 2.45) is 0 Å². The Hall–Kier alpha value is -1.57. The summed E-state index contributed by atoms with van der Waals surface area (Å²) in [4.78, 5) is 3.86. The molecule has 0 saturated carbocycles. The summed E-state index contributed by atoms with van der Waals surface area (Å²) in [5.41, 5.74) is 0.0531. The Morgan fingerprint density at radius 3 is 2.43 bits per heavy atom. The van der Waals surface area contributed by atoms with Crippen molar-refractivity contribution in [1.29, 1.82) is 0 Å². The highest BCUT2D eigenvalue weighted by Crippen LogP contribution is 2.29. The predicted octanol–water partition coefficient (Wildman–Crippen LogP) is 3.37. The van der Waals surface area contributed by atoms with Gasteiger partial charge in [-0.3, -0.25) is 4.72 Å². The number of halogens is 3. The fraction of sp³-hybridized carbons (Fsp3) is 0.0833. The van der Waals surface area contributed by atoms with E-state index in [0.29, 0.717) is 0 Å². The topological polar surface area (TPSA) is 71.1 Å². The lowest BCUT2D eigenvalue weighted by molar-refractivity contribution is 0.601. The summed E-state index contributed by atoms with van der Waals surface area (Å²) in [5.74, 6) is -0.622. The third kappa shape index (κ3) is 3.37. The van der Waals surface area contributed by atoms with Gasteiger partial charge in [-0.05, 0) is 24.3 Å². The van der Waals surface area contributed by atoms with Gasteiger partial charge in [0.05, 0.1) is 15.7 Å². The van der Waals surface area contributed by atoms with E-state index < -0.39 is 15.8 Å². The van der Waals surface area contributed by atoms with Crippen LogP contribution in [0, 0.1) is 5.82 Å². The van der Waals surface area contributed by atoms with Crippen molar-refractivity contribution < 1.29 is 12.8 Å². The van der Waals surface area contributed by atoms with Gasteiger partial charge in [0.25, 0.3) is 10.0 Å². The Bertz CT molecular complexity index is 761. The van der Waals surface area contributed by atoms with Crippen LogP contribution < -0.4 is 10.0 Å². The first kappa shape index (κ1) is 15.8. The summed E-state index contributed by atoms with van der Waals surface area (Å²) >= 11 is 11.3. The molecule has 112 valence electrons. The van der Waals surface area contributed by atoms with E-state index in [0.717, 1.165) is 12.1 Å². The Balaban J connectivity index is 2.42. The quantitative estimate of drug-likeness (QED) is 0.830. The molecule has 1 heterocycles. The van der Waals surface area contributed by atoms with E-state index in [2.05, 4.69) is 15.0 Å². The van der Waals surface area contributed by atoms with Crippen LogP contribution in [0.2, 0.25) is 10.0 Å². The van der Waals surface area contributed by atoms with Crippen LogP contribution in [0.15, 0.2) is 35.4 Å². The van der Waals surface area contributed by atoms with E-state index in [1.54, 1.807) is 7.05 Å². The highest BCUT2D eigenvalue weighted by Gasteiger charge is 2.20. The first-order chi connectivity index (χ1) is 9.85. The van der Waals surface area contributed by atoms with Gasteiger partial charge in [-0.15, -0.1) is 0 Å². The lowest BCUT2D eigenvalue weighted by Gasteiger charge is -2.12. The van der Waals surface area contributed by atoms with Gasteiger partial charge in [0.15, 0.2) is 5.82 Å². The van der Waals surface area contributed by atoms with Crippen LogP contribution in [0.4, 0.5) is 15.9 Å². The number of pyridine rings is 1. The standard InChI is InChI=1S/C12H10Cl2FN3O2S/c1-16-12-10(3-2-4-17-12)21(19,20)18-7-5-8(13)11(15)9(14)6-7/h2-6,18H,1H3,(H,16,17). The molecular weight excluding hydrogens is 340 g/mol. The van der Waals surface area contributed by atoms with Crippen LogP contribution in [0.3, 0.4) is 0 Å². The van der Waals surface area contributed by atoms with Crippen LogP contribution in [0.5, 0.6) is 0 Å². The Morgan fingerprint density at radius 1 is 1.24 bits per heavy atom. The maximum atomic E-state index is 13.3. The summed E-state index contributed by atoms with van der Waals surface area (Å²) < 4.78 is 40.2. The zero-order valence-electron chi connectivity index (χ0n) is 10.7. The van der Waals surface area contributed by atoms with Crippen LogP contribution >= 0.6 is 23.2 Å². The van der Waals surface area contributed by atoms with Gasteiger partial charge < -0.3 is 5.32 Å². The minimum Gasteiger partial charge on any atom is -0.372 e. The highest BCUT2D eigenvalue weighted by molar-refractivity contribution is 7.92. The molecule has 0 spiro atoms. The molecule has 9 heteroatoms. The SMILES string of the molecule is CNc1ncccc1S(=O)(=O)Nc1cc(Cl)c(F)c(Cl)c1. The van der Waals surface area contributed by atoms with Crippen molar-refractivity contribution in [3.8, 4) is 0 Å². The van der Waals surface area contributed by atoms with Crippen molar-refractivity contribution in [3.63, 3.8) is 0 Å². The second-order valence-electron chi connectivity index (χ2n) is 3.96. The number of rotatable bonds is 4. The van der Waals surface area contributed by atoms with E-state index in [9.17, 15) is 12.8 Å². The zero-order chi connectivity index (χ0) is 15.6. The van der Waals surface area contributed by atoms with Gasteiger partial charge in [0.2, 0.25) is 0 Å². The average molecular weight is 350 g/mol. The van der Waals surface area contributed by atoms with E-state index in [-0.39, 0.29) is 26.4 Å². The summed E-state index contributed by atoms with van der Waals surface area (Å²) in [7, 11) is -2.37. The summed E-state index contributed by atoms with van der Waals surface area (Å²) in [6.45, 7) is 0. The molecule has 2 rings (SSSR count). The Labute approximate surface area is 131 Å². The fourth-order valence-corrected chi connectivity index (χ4v) is 3.31. The van der Waals surface area contributed by atoms with Gasteiger partial charge in [-0.2, -0.15) is 0 Å². The molecule has 21 heavy (non-hydrogen) atoms. The molecule has 0 aliphatic rings. The van der Waals surface area contributed by atoms with Crippen LogP contribution in [0.1, 0.15) is 0 Å². The second-order valence-corrected chi connectivity index (χ2v) is 6.42. The molecule has 0 aliphatic heterocycles. The maximum absolute atomic E-state index is 13.3. The molecule has 0 atom stereocenters. The lowest BCUT2D eigenvalue weighted by Crippen LogP contribution is -2.15. The highest BCUT2D eigenvalue weighted by atomic mass is 35.5. The predicted molar refractivity (Wildman–Crippen MR) is 81.0 cm³/mol. The molecule has 0 unspecified atom stereocenters. The number of hydrogen-bond acceptors (Lipinski definition) is 4. The molecule has 2 aromatic rings. The maximum Gasteiger partial charge on any atom is 0.265 e. The molecule has 2 N–H and O–H groups in total. The molecule has 0 aliphatic carbocycles. The van der Waals surface area contributed by atoms with Crippen molar-refractivity contribution in [1.82, 2.24) is 4.98 Å². The summed E-state index contributed by atoms with van der Waals surface area (Å²) in [5, 5.41) is 2.12.